The third-order valence-electron chi connectivity index (χ3n) is 7.10. The number of fused-ring (bicyclic) bond motifs is 1. The molecule has 2 heterocycles. The second kappa shape index (κ2) is 6.45. The van der Waals surface area contributed by atoms with E-state index >= 15 is 0 Å². The molecule has 1 amide bonds. The van der Waals surface area contributed by atoms with Crippen molar-refractivity contribution in [2.45, 2.75) is 38.3 Å². The van der Waals surface area contributed by atoms with Gasteiger partial charge in [0.1, 0.15) is 23.2 Å². The van der Waals surface area contributed by atoms with E-state index in [4.69, 9.17) is 0 Å². The first-order chi connectivity index (χ1) is 15.4. The lowest BCUT2D eigenvalue weighted by molar-refractivity contribution is -0.223. The Hall–Kier alpha value is -3.60. The van der Waals surface area contributed by atoms with E-state index in [0.29, 0.717) is 29.6 Å². The van der Waals surface area contributed by atoms with Crippen molar-refractivity contribution in [1.29, 1.82) is 5.26 Å². The van der Waals surface area contributed by atoms with Gasteiger partial charge in [0.25, 0.3) is 0 Å². The summed E-state index contributed by atoms with van der Waals surface area (Å²) in [6.07, 6.45) is 6.26. The number of nitrogens with zero attached hydrogens (tertiary/aromatic N) is 5. The third-order valence-corrected chi connectivity index (χ3v) is 7.10. The van der Waals surface area contributed by atoms with Crippen LogP contribution in [0, 0.1) is 33.8 Å². The number of nitriles is 1. The van der Waals surface area contributed by atoms with Crippen LogP contribution in [0.25, 0.3) is 10.9 Å². The Labute approximate surface area is 182 Å². The van der Waals surface area contributed by atoms with Gasteiger partial charge in [-0.1, -0.05) is 12.1 Å². The van der Waals surface area contributed by atoms with E-state index in [0.717, 1.165) is 30.7 Å². The first kappa shape index (κ1) is 19.1. The molecule has 1 aliphatic heterocycles. The maximum atomic E-state index is 13.7. The minimum absolute atomic E-state index is 0.0222. The molecule has 160 valence electrons. The quantitative estimate of drug-likeness (QED) is 0.618. The molecule has 1 atom stereocenters. The van der Waals surface area contributed by atoms with Crippen LogP contribution in [0.5, 0.6) is 0 Å². The fraction of sp³-hybridized carbons (Fsp3) is 0.333. The molecule has 0 spiro atoms. The lowest BCUT2D eigenvalue weighted by Crippen LogP contribution is -2.68. The van der Waals surface area contributed by atoms with Crippen LogP contribution in [0.1, 0.15) is 42.9 Å². The molecule has 4 aliphatic rings. The zero-order chi connectivity index (χ0) is 22.1. The van der Waals surface area contributed by atoms with E-state index in [1.807, 2.05) is 23.0 Å². The van der Waals surface area contributed by atoms with E-state index in [1.165, 1.54) is 17.1 Å². The molecule has 1 aromatic heterocycles. The Kier molecular flexibility index (Phi) is 3.85. The van der Waals surface area contributed by atoms with Gasteiger partial charge in [0, 0.05) is 36.8 Å². The van der Waals surface area contributed by atoms with Crippen LogP contribution in [-0.2, 0) is 11.3 Å². The van der Waals surface area contributed by atoms with E-state index < -0.39 is 23.1 Å². The Morgan fingerprint density at radius 2 is 1.94 bits per heavy atom. The van der Waals surface area contributed by atoms with Crippen LogP contribution in [0.3, 0.4) is 0 Å². The Morgan fingerprint density at radius 3 is 2.66 bits per heavy atom. The van der Waals surface area contributed by atoms with Crippen LogP contribution >= 0.6 is 0 Å². The molecular formula is C24H19F2N5O. The first-order valence-corrected chi connectivity index (χ1v) is 10.6. The second-order valence-electron chi connectivity index (χ2n) is 9.39. The molecule has 3 aliphatic carbocycles. The lowest BCUT2D eigenvalue weighted by atomic mass is 9.34. The Morgan fingerprint density at radius 1 is 1.19 bits per heavy atom. The molecule has 3 saturated carbocycles. The number of halogens is 2. The summed E-state index contributed by atoms with van der Waals surface area (Å²) >= 11 is 0. The summed E-state index contributed by atoms with van der Waals surface area (Å²) in [6.45, 7) is 0.698. The Bertz CT molecular complexity index is 1310. The van der Waals surface area contributed by atoms with Crippen LogP contribution in [-0.4, -0.2) is 26.9 Å². The van der Waals surface area contributed by atoms with Crippen molar-refractivity contribution in [1.82, 2.24) is 14.8 Å². The number of hydrogen-bond acceptors (Lipinski definition) is 4. The van der Waals surface area contributed by atoms with Crippen LogP contribution in [0.2, 0.25) is 0 Å². The molecule has 3 aromatic rings. The maximum absolute atomic E-state index is 13.7. The van der Waals surface area contributed by atoms with Gasteiger partial charge in [-0.25, -0.2) is 13.8 Å². The SMILES string of the molecule is N#Cc1cccc2cn(CC34CC(C(=O)N5N=CCC5c5cc(F)cc(F)c5)(C3)C4)nc12. The van der Waals surface area contributed by atoms with Crippen LogP contribution in [0.15, 0.2) is 47.7 Å². The molecule has 2 aromatic carbocycles. The molecule has 1 unspecified atom stereocenters. The molecule has 32 heavy (non-hydrogen) atoms. The second-order valence-corrected chi connectivity index (χ2v) is 9.39. The predicted molar refractivity (Wildman–Crippen MR) is 112 cm³/mol. The van der Waals surface area contributed by atoms with Gasteiger partial charge in [-0.05, 0) is 48.4 Å². The van der Waals surface area contributed by atoms with Crippen molar-refractivity contribution in [2.75, 3.05) is 0 Å². The molecular weight excluding hydrogens is 412 g/mol. The van der Waals surface area contributed by atoms with Gasteiger partial charge in [-0.15, -0.1) is 0 Å². The number of hydrazone groups is 1. The van der Waals surface area contributed by atoms with Gasteiger partial charge in [0.2, 0.25) is 5.91 Å². The topological polar surface area (TPSA) is 74.3 Å². The highest BCUT2D eigenvalue weighted by Crippen LogP contribution is 2.74. The normalized spacial score (nSPS) is 27.8. The number of amides is 1. The predicted octanol–water partition coefficient (Wildman–Crippen LogP) is 4.32. The first-order valence-electron chi connectivity index (χ1n) is 10.6. The van der Waals surface area contributed by atoms with Crippen molar-refractivity contribution in [2.24, 2.45) is 15.9 Å². The summed E-state index contributed by atoms with van der Waals surface area (Å²) in [7, 11) is 0. The molecule has 2 bridgehead atoms. The highest BCUT2D eigenvalue weighted by molar-refractivity contribution is 5.88. The van der Waals surface area contributed by atoms with Crippen molar-refractivity contribution < 1.29 is 13.6 Å². The third kappa shape index (κ3) is 2.70. The molecule has 8 heteroatoms. The van der Waals surface area contributed by atoms with Crippen LogP contribution < -0.4 is 0 Å². The maximum Gasteiger partial charge on any atom is 0.249 e. The average Bonchev–Trinajstić information content (AvgIpc) is 3.34. The summed E-state index contributed by atoms with van der Waals surface area (Å²) in [6, 6.07) is 10.6. The van der Waals surface area contributed by atoms with Crippen molar-refractivity contribution in [3.63, 3.8) is 0 Å². The van der Waals surface area contributed by atoms with E-state index in [2.05, 4.69) is 16.3 Å². The van der Waals surface area contributed by atoms with Crippen LogP contribution in [0.4, 0.5) is 8.78 Å². The molecule has 6 nitrogen and oxygen atoms in total. The Balaban J connectivity index is 1.17. The average molecular weight is 431 g/mol. The molecule has 0 saturated heterocycles. The van der Waals surface area contributed by atoms with Crippen molar-refractivity contribution >= 4 is 23.0 Å². The monoisotopic (exact) mass is 431 g/mol. The summed E-state index contributed by atoms with van der Waals surface area (Å²) in [5.74, 6) is -1.38. The largest absolute Gasteiger partial charge is 0.272 e. The standard InChI is InChI=1S/C24H19F2N5O/c25-18-6-17(7-19(26)8-18)20-4-5-28-31(20)22(32)24-11-23(12-24,13-24)14-30-10-16-3-1-2-15(9-27)21(16)29-30/h1-3,5-8,10,20H,4,11-14H2. The van der Waals surface area contributed by atoms with Gasteiger partial charge in [-0.3, -0.25) is 9.48 Å². The summed E-state index contributed by atoms with van der Waals surface area (Å²) in [4.78, 5) is 13.3. The highest BCUT2D eigenvalue weighted by Gasteiger charge is 2.72. The lowest BCUT2D eigenvalue weighted by Gasteiger charge is -2.69. The smallest absolute Gasteiger partial charge is 0.249 e. The van der Waals surface area contributed by atoms with Gasteiger partial charge in [0.15, 0.2) is 0 Å². The molecule has 0 N–H and O–H groups in total. The minimum atomic E-state index is -0.657. The summed E-state index contributed by atoms with van der Waals surface area (Å²) in [5.41, 5.74) is 1.25. The fourth-order valence-corrected chi connectivity index (χ4v) is 5.90. The number of rotatable bonds is 4. The molecule has 3 fully saturated rings. The van der Waals surface area contributed by atoms with Crippen molar-refractivity contribution in [3.05, 3.63) is 65.4 Å². The highest BCUT2D eigenvalue weighted by atomic mass is 19.1. The van der Waals surface area contributed by atoms with E-state index in [9.17, 15) is 18.8 Å². The van der Waals surface area contributed by atoms with Crippen molar-refractivity contribution in [3.8, 4) is 6.07 Å². The van der Waals surface area contributed by atoms with E-state index in [1.54, 1.807) is 12.3 Å². The van der Waals surface area contributed by atoms with Gasteiger partial charge in [0.05, 0.1) is 17.0 Å². The zero-order valence-corrected chi connectivity index (χ0v) is 17.1. The number of hydrogen-bond donors (Lipinski definition) is 0. The summed E-state index contributed by atoms with van der Waals surface area (Å²) < 4.78 is 29.3. The molecule has 7 rings (SSSR count). The number of carbonyl (C=O) groups excluding carboxylic acids is 1. The number of aromatic nitrogens is 2. The number of carbonyl (C=O) groups is 1. The van der Waals surface area contributed by atoms with Gasteiger partial charge >= 0.3 is 0 Å². The fourth-order valence-electron chi connectivity index (χ4n) is 5.90. The zero-order valence-electron chi connectivity index (χ0n) is 17.1. The number of benzene rings is 2. The van der Waals surface area contributed by atoms with E-state index in [-0.39, 0.29) is 11.3 Å². The minimum Gasteiger partial charge on any atom is -0.272 e. The summed E-state index contributed by atoms with van der Waals surface area (Å²) in [5, 5.41) is 20.5. The molecule has 0 radical (unpaired) electrons. The van der Waals surface area contributed by atoms with Gasteiger partial charge < -0.3 is 0 Å². The van der Waals surface area contributed by atoms with Gasteiger partial charge in [-0.2, -0.15) is 15.5 Å².